The molecule has 0 saturated carbocycles. The highest BCUT2D eigenvalue weighted by atomic mass is 35.5. The number of amides is 2. The average molecular weight is 428 g/mol. The Hall–Kier alpha value is -2.73. The highest BCUT2D eigenvalue weighted by Crippen LogP contribution is 2.36. The lowest BCUT2D eigenvalue weighted by Gasteiger charge is -2.36. The van der Waals surface area contributed by atoms with Gasteiger partial charge < -0.3 is 19.4 Å². The first-order valence-corrected chi connectivity index (χ1v) is 10.7. The molecule has 2 aromatic carbocycles. The Bertz CT molecular complexity index is 913. The molecule has 0 spiro atoms. The second-order valence-corrected chi connectivity index (χ2v) is 8.18. The van der Waals surface area contributed by atoms with E-state index < -0.39 is 0 Å². The maximum Gasteiger partial charge on any atom is 0.227 e. The lowest BCUT2D eigenvalue weighted by molar-refractivity contribution is -0.133. The summed E-state index contributed by atoms with van der Waals surface area (Å²) in [5.41, 5.74) is 1.85. The molecule has 0 N–H and O–H groups in total. The first-order chi connectivity index (χ1) is 14.5. The number of anilines is 2. The van der Waals surface area contributed by atoms with Gasteiger partial charge in [0.2, 0.25) is 11.8 Å². The number of para-hydroxylation sites is 1. The Labute approximate surface area is 182 Å². The van der Waals surface area contributed by atoms with Gasteiger partial charge in [-0.3, -0.25) is 9.59 Å². The van der Waals surface area contributed by atoms with Gasteiger partial charge in [0.05, 0.1) is 12.2 Å². The van der Waals surface area contributed by atoms with E-state index in [4.69, 9.17) is 16.3 Å². The minimum atomic E-state index is -0.107. The number of carbonyl (C=O) groups is 2. The number of fused-ring (bicyclic) bond motifs is 1. The highest BCUT2D eigenvalue weighted by Gasteiger charge is 2.29. The predicted molar refractivity (Wildman–Crippen MR) is 118 cm³/mol. The number of carbonyl (C=O) groups excluding carboxylic acids is 2. The van der Waals surface area contributed by atoms with Gasteiger partial charge in [0.15, 0.2) is 0 Å². The third-order valence-electron chi connectivity index (χ3n) is 5.59. The molecule has 158 valence electrons. The van der Waals surface area contributed by atoms with E-state index in [1.807, 2.05) is 30.0 Å². The SMILES string of the molecule is C[C@H]1CN(C(=O)CCC(=O)N2CCN(c3ccccc3)CC2)c2cc(Cl)ccc2O1. The van der Waals surface area contributed by atoms with E-state index in [2.05, 4.69) is 17.0 Å². The van der Waals surface area contributed by atoms with Crippen LogP contribution in [0.15, 0.2) is 48.5 Å². The van der Waals surface area contributed by atoms with Gasteiger partial charge in [0, 0.05) is 49.7 Å². The molecule has 2 aliphatic heterocycles. The first kappa shape index (κ1) is 20.5. The largest absolute Gasteiger partial charge is 0.487 e. The topological polar surface area (TPSA) is 53.1 Å². The maximum atomic E-state index is 12.9. The van der Waals surface area contributed by atoms with Crippen LogP contribution in [-0.4, -0.2) is 55.5 Å². The molecular formula is C23H26ClN3O3. The van der Waals surface area contributed by atoms with Gasteiger partial charge in [0.25, 0.3) is 0 Å². The molecule has 30 heavy (non-hydrogen) atoms. The molecule has 6 nitrogen and oxygen atoms in total. The maximum absolute atomic E-state index is 12.9. The van der Waals surface area contributed by atoms with Crippen molar-refractivity contribution in [3.05, 3.63) is 53.6 Å². The fourth-order valence-corrected chi connectivity index (χ4v) is 4.17. The molecule has 2 amide bonds. The van der Waals surface area contributed by atoms with E-state index in [9.17, 15) is 9.59 Å². The molecule has 0 radical (unpaired) electrons. The van der Waals surface area contributed by atoms with Gasteiger partial charge in [-0.1, -0.05) is 29.8 Å². The molecule has 2 aliphatic rings. The summed E-state index contributed by atoms with van der Waals surface area (Å²) in [6.45, 7) is 5.34. The summed E-state index contributed by atoms with van der Waals surface area (Å²) in [6.07, 6.45) is 0.284. The fourth-order valence-electron chi connectivity index (χ4n) is 4.01. The summed E-state index contributed by atoms with van der Waals surface area (Å²) >= 11 is 6.11. The van der Waals surface area contributed by atoms with E-state index in [1.54, 1.807) is 23.1 Å². The number of nitrogens with zero attached hydrogens (tertiary/aromatic N) is 3. The highest BCUT2D eigenvalue weighted by molar-refractivity contribution is 6.31. The fraction of sp³-hybridized carbons (Fsp3) is 0.391. The van der Waals surface area contributed by atoms with Gasteiger partial charge in [-0.2, -0.15) is 0 Å². The van der Waals surface area contributed by atoms with Crippen molar-refractivity contribution in [3.8, 4) is 5.75 Å². The van der Waals surface area contributed by atoms with Crippen molar-refractivity contribution in [1.82, 2.24) is 4.90 Å². The Morgan fingerprint density at radius 1 is 1.00 bits per heavy atom. The number of piperazine rings is 1. The van der Waals surface area contributed by atoms with Crippen LogP contribution in [0, 0.1) is 0 Å². The Balaban J connectivity index is 1.31. The Morgan fingerprint density at radius 2 is 1.70 bits per heavy atom. The number of ether oxygens (including phenoxy) is 1. The molecule has 7 heteroatoms. The average Bonchev–Trinajstić information content (AvgIpc) is 2.77. The molecular weight excluding hydrogens is 402 g/mol. The van der Waals surface area contributed by atoms with Gasteiger partial charge in [-0.05, 0) is 37.3 Å². The normalized spacial score (nSPS) is 18.6. The lowest BCUT2D eigenvalue weighted by atomic mass is 10.1. The molecule has 0 aromatic heterocycles. The summed E-state index contributed by atoms with van der Waals surface area (Å²) in [7, 11) is 0. The third-order valence-corrected chi connectivity index (χ3v) is 5.82. The van der Waals surface area contributed by atoms with Crippen molar-refractivity contribution >= 4 is 34.8 Å². The quantitative estimate of drug-likeness (QED) is 0.748. The minimum absolute atomic E-state index is 0.0312. The monoisotopic (exact) mass is 427 g/mol. The number of hydrogen-bond donors (Lipinski definition) is 0. The summed E-state index contributed by atoms with van der Waals surface area (Å²) in [6, 6.07) is 15.5. The van der Waals surface area contributed by atoms with Crippen LogP contribution >= 0.6 is 11.6 Å². The van der Waals surface area contributed by atoms with E-state index in [0.29, 0.717) is 36.1 Å². The van der Waals surface area contributed by atoms with Crippen LogP contribution in [0.1, 0.15) is 19.8 Å². The summed E-state index contributed by atoms with van der Waals surface area (Å²) in [4.78, 5) is 31.4. The van der Waals surface area contributed by atoms with Crippen LogP contribution < -0.4 is 14.5 Å². The van der Waals surface area contributed by atoms with E-state index in [-0.39, 0.29) is 30.8 Å². The second-order valence-electron chi connectivity index (χ2n) is 7.75. The number of halogens is 1. The smallest absolute Gasteiger partial charge is 0.227 e. The van der Waals surface area contributed by atoms with Crippen LogP contribution in [0.3, 0.4) is 0 Å². The van der Waals surface area contributed by atoms with Gasteiger partial charge in [-0.15, -0.1) is 0 Å². The first-order valence-electron chi connectivity index (χ1n) is 10.4. The lowest BCUT2D eigenvalue weighted by Crippen LogP contribution is -2.49. The zero-order chi connectivity index (χ0) is 21.1. The van der Waals surface area contributed by atoms with Gasteiger partial charge >= 0.3 is 0 Å². The predicted octanol–water partition coefficient (Wildman–Crippen LogP) is 3.58. The van der Waals surface area contributed by atoms with Crippen LogP contribution in [0.2, 0.25) is 5.02 Å². The second kappa shape index (κ2) is 8.96. The number of rotatable bonds is 4. The molecule has 0 unspecified atom stereocenters. The zero-order valence-electron chi connectivity index (χ0n) is 17.1. The van der Waals surface area contributed by atoms with Crippen molar-refractivity contribution in [2.75, 3.05) is 42.5 Å². The number of benzene rings is 2. The summed E-state index contributed by atoms with van der Waals surface area (Å²) in [5.74, 6) is 0.600. The zero-order valence-corrected chi connectivity index (χ0v) is 17.8. The van der Waals surface area contributed by atoms with Crippen LogP contribution in [0.25, 0.3) is 0 Å². The van der Waals surface area contributed by atoms with Crippen molar-refractivity contribution < 1.29 is 14.3 Å². The summed E-state index contributed by atoms with van der Waals surface area (Å²) in [5, 5.41) is 0.553. The van der Waals surface area contributed by atoms with Crippen molar-refractivity contribution in [3.63, 3.8) is 0 Å². The van der Waals surface area contributed by atoms with Crippen LogP contribution in [-0.2, 0) is 9.59 Å². The third kappa shape index (κ3) is 4.54. The molecule has 1 fully saturated rings. The Morgan fingerprint density at radius 3 is 2.43 bits per heavy atom. The molecule has 2 aromatic rings. The Kier molecular flexibility index (Phi) is 6.13. The standard InChI is InChI=1S/C23H26ClN3O3/c1-17-16-27(20-15-18(24)7-8-21(20)30-17)23(29)10-9-22(28)26-13-11-25(12-14-26)19-5-3-2-4-6-19/h2-8,15,17H,9-14,16H2,1H3/t17-/m0/s1. The minimum Gasteiger partial charge on any atom is -0.487 e. The van der Waals surface area contributed by atoms with Crippen LogP contribution in [0.5, 0.6) is 5.75 Å². The van der Waals surface area contributed by atoms with Crippen LogP contribution in [0.4, 0.5) is 11.4 Å². The molecule has 0 bridgehead atoms. The molecule has 4 rings (SSSR count). The summed E-state index contributed by atoms with van der Waals surface area (Å²) < 4.78 is 5.80. The van der Waals surface area contributed by atoms with E-state index in [1.165, 1.54) is 5.69 Å². The molecule has 0 aliphatic carbocycles. The molecule has 1 atom stereocenters. The molecule has 1 saturated heterocycles. The number of hydrogen-bond acceptors (Lipinski definition) is 4. The van der Waals surface area contributed by atoms with Crippen molar-refractivity contribution in [2.24, 2.45) is 0 Å². The van der Waals surface area contributed by atoms with Crippen molar-refractivity contribution in [1.29, 1.82) is 0 Å². The van der Waals surface area contributed by atoms with E-state index in [0.717, 1.165) is 13.1 Å². The van der Waals surface area contributed by atoms with Gasteiger partial charge in [0.1, 0.15) is 11.9 Å². The van der Waals surface area contributed by atoms with Crippen molar-refractivity contribution in [2.45, 2.75) is 25.9 Å². The van der Waals surface area contributed by atoms with E-state index >= 15 is 0 Å². The molecule has 2 heterocycles. The van der Waals surface area contributed by atoms with Gasteiger partial charge in [-0.25, -0.2) is 0 Å².